The first-order chi connectivity index (χ1) is 11.0. The second-order valence-corrected chi connectivity index (χ2v) is 8.19. The molecule has 122 valence electrons. The number of nitrogens with zero attached hydrogens (tertiary/aromatic N) is 2. The number of benzene rings is 1. The SMILES string of the molecule is C[N+](C)(C)CCON=C1CC(c2ccccc2Cl)c2ccsc21. The van der Waals surface area contributed by atoms with Crippen LogP contribution >= 0.6 is 22.9 Å². The molecule has 1 aromatic heterocycles. The van der Waals surface area contributed by atoms with Crippen molar-refractivity contribution in [3.63, 3.8) is 0 Å². The third kappa shape index (κ3) is 3.77. The lowest BCUT2D eigenvalue weighted by Crippen LogP contribution is -2.37. The summed E-state index contributed by atoms with van der Waals surface area (Å²) < 4.78 is 0.872. The van der Waals surface area contributed by atoms with E-state index < -0.39 is 0 Å². The standard InChI is InChI=1S/C18H22ClN2OS/c1-21(2,3)9-10-22-20-17-12-15(14-8-11-23-18(14)17)13-6-4-5-7-16(13)19/h4-8,11,15H,9-10,12H2,1-3H3/q+1. The van der Waals surface area contributed by atoms with Gasteiger partial charge in [0.2, 0.25) is 0 Å². The molecule has 0 aliphatic heterocycles. The molecule has 1 aliphatic rings. The van der Waals surface area contributed by atoms with E-state index in [4.69, 9.17) is 16.4 Å². The minimum atomic E-state index is 0.283. The summed E-state index contributed by atoms with van der Waals surface area (Å²) in [5, 5.41) is 7.36. The number of hydrogen-bond acceptors (Lipinski definition) is 3. The fraction of sp³-hybridized carbons (Fsp3) is 0.389. The molecule has 3 nitrogen and oxygen atoms in total. The Kier molecular flexibility index (Phi) is 4.76. The number of oxime groups is 1. The van der Waals surface area contributed by atoms with Gasteiger partial charge < -0.3 is 9.32 Å². The summed E-state index contributed by atoms with van der Waals surface area (Å²) in [6.07, 6.45) is 0.857. The van der Waals surface area contributed by atoms with Gasteiger partial charge in [0.05, 0.1) is 31.7 Å². The highest BCUT2D eigenvalue weighted by Gasteiger charge is 2.31. The first-order valence-electron chi connectivity index (χ1n) is 7.77. The van der Waals surface area contributed by atoms with E-state index in [0.29, 0.717) is 6.61 Å². The first kappa shape index (κ1) is 16.5. The summed E-state index contributed by atoms with van der Waals surface area (Å²) in [5.74, 6) is 0.283. The van der Waals surface area contributed by atoms with Gasteiger partial charge in [0, 0.05) is 17.4 Å². The van der Waals surface area contributed by atoms with E-state index in [9.17, 15) is 0 Å². The highest BCUT2D eigenvalue weighted by molar-refractivity contribution is 7.12. The normalized spacial score (nSPS) is 19.1. The molecule has 3 rings (SSSR count). The Bertz CT molecular complexity index is 718. The molecule has 5 heteroatoms. The van der Waals surface area contributed by atoms with Gasteiger partial charge in [-0.2, -0.15) is 0 Å². The number of fused-ring (bicyclic) bond motifs is 1. The zero-order chi connectivity index (χ0) is 16.4. The molecule has 0 amide bonds. The molecule has 0 saturated carbocycles. The molecule has 2 aromatic rings. The number of quaternary nitrogens is 1. The zero-order valence-corrected chi connectivity index (χ0v) is 15.3. The van der Waals surface area contributed by atoms with Crippen molar-refractivity contribution in [2.45, 2.75) is 12.3 Å². The second-order valence-electron chi connectivity index (χ2n) is 6.87. The Morgan fingerprint density at radius 1 is 1.22 bits per heavy atom. The van der Waals surface area contributed by atoms with E-state index >= 15 is 0 Å². The summed E-state index contributed by atoms with van der Waals surface area (Å²) in [5.41, 5.74) is 3.53. The van der Waals surface area contributed by atoms with Crippen LogP contribution in [0.5, 0.6) is 0 Å². The fourth-order valence-electron chi connectivity index (χ4n) is 2.78. The van der Waals surface area contributed by atoms with Crippen LogP contribution in [-0.4, -0.2) is 44.5 Å². The summed E-state index contributed by atoms with van der Waals surface area (Å²) >= 11 is 8.12. The van der Waals surface area contributed by atoms with Gasteiger partial charge in [-0.1, -0.05) is 35.0 Å². The molecule has 1 aliphatic carbocycles. The summed E-state index contributed by atoms with van der Waals surface area (Å²) in [6.45, 7) is 1.56. The van der Waals surface area contributed by atoms with Gasteiger partial charge in [-0.05, 0) is 28.6 Å². The molecule has 1 aromatic carbocycles. The minimum Gasteiger partial charge on any atom is -0.390 e. The molecular formula is C18H22ClN2OS+. The maximum atomic E-state index is 6.39. The molecule has 0 bridgehead atoms. The van der Waals surface area contributed by atoms with Crippen molar-refractivity contribution >= 4 is 28.6 Å². The van der Waals surface area contributed by atoms with Crippen LogP contribution in [0.15, 0.2) is 40.9 Å². The van der Waals surface area contributed by atoms with E-state index in [1.54, 1.807) is 11.3 Å². The van der Waals surface area contributed by atoms with Gasteiger partial charge in [-0.25, -0.2) is 0 Å². The van der Waals surface area contributed by atoms with Crippen molar-refractivity contribution in [1.29, 1.82) is 0 Å². The molecule has 1 atom stereocenters. The van der Waals surface area contributed by atoms with Crippen LogP contribution in [0.1, 0.15) is 28.3 Å². The molecule has 0 saturated heterocycles. The lowest BCUT2D eigenvalue weighted by Gasteiger charge is -2.22. The third-order valence-corrected chi connectivity index (χ3v) is 5.36. The molecular weight excluding hydrogens is 328 g/mol. The molecule has 1 unspecified atom stereocenters. The summed E-state index contributed by atoms with van der Waals surface area (Å²) in [4.78, 5) is 6.82. The van der Waals surface area contributed by atoms with Gasteiger partial charge in [0.25, 0.3) is 0 Å². The number of rotatable bonds is 5. The molecule has 0 N–H and O–H groups in total. The smallest absolute Gasteiger partial charge is 0.165 e. The number of likely N-dealkylation sites (N-methyl/N-ethyl adjacent to an activating group) is 1. The van der Waals surface area contributed by atoms with Crippen molar-refractivity contribution in [2.75, 3.05) is 34.3 Å². The van der Waals surface area contributed by atoms with Crippen molar-refractivity contribution < 1.29 is 9.32 Å². The minimum absolute atomic E-state index is 0.283. The van der Waals surface area contributed by atoms with Gasteiger partial charge in [0.1, 0.15) is 6.54 Å². The first-order valence-corrected chi connectivity index (χ1v) is 9.03. The lowest BCUT2D eigenvalue weighted by molar-refractivity contribution is -0.870. The molecule has 23 heavy (non-hydrogen) atoms. The van der Waals surface area contributed by atoms with Gasteiger partial charge in [-0.15, -0.1) is 11.3 Å². The average molecular weight is 350 g/mol. The largest absolute Gasteiger partial charge is 0.390 e. The maximum Gasteiger partial charge on any atom is 0.165 e. The van der Waals surface area contributed by atoms with Crippen LogP contribution in [0.4, 0.5) is 0 Å². The van der Waals surface area contributed by atoms with Crippen molar-refractivity contribution in [1.82, 2.24) is 0 Å². The maximum absolute atomic E-state index is 6.39. The predicted molar refractivity (Wildman–Crippen MR) is 97.6 cm³/mol. The fourth-order valence-corrected chi connectivity index (χ4v) is 4.00. The van der Waals surface area contributed by atoms with E-state index in [-0.39, 0.29) is 5.92 Å². The van der Waals surface area contributed by atoms with E-state index in [1.165, 1.54) is 16.0 Å². The van der Waals surface area contributed by atoms with E-state index in [2.05, 4.69) is 43.8 Å². The Morgan fingerprint density at radius 3 is 2.74 bits per heavy atom. The van der Waals surface area contributed by atoms with Crippen LogP contribution in [0, 0.1) is 0 Å². The van der Waals surface area contributed by atoms with Crippen LogP contribution in [0.2, 0.25) is 5.02 Å². The molecule has 1 heterocycles. The zero-order valence-electron chi connectivity index (χ0n) is 13.8. The van der Waals surface area contributed by atoms with Crippen molar-refractivity contribution in [3.05, 3.63) is 56.7 Å². The second kappa shape index (κ2) is 6.63. The number of halogens is 1. The third-order valence-electron chi connectivity index (χ3n) is 4.04. The monoisotopic (exact) mass is 349 g/mol. The Balaban J connectivity index is 1.77. The van der Waals surface area contributed by atoms with Crippen LogP contribution < -0.4 is 0 Å². The summed E-state index contributed by atoms with van der Waals surface area (Å²) in [7, 11) is 6.45. The Morgan fingerprint density at radius 2 is 2.00 bits per heavy atom. The number of thiophene rings is 1. The van der Waals surface area contributed by atoms with Gasteiger partial charge >= 0.3 is 0 Å². The van der Waals surface area contributed by atoms with Crippen molar-refractivity contribution in [3.8, 4) is 0 Å². The Labute approximate surface area is 146 Å². The number of hydrogen-bond donors (Lipinski definition) is 0. The van der Waals surface area contributed by atoms with Gasteiger partial charge in [-0.3, -0.25) is 0 Å². The van der Waals surface area contributed by atoms with E-state index in [1.807, 2.05) is 18.2 Å². The van der Waals surface area contributed by atoms with E-state index in [0.717, 1.165) is 28.2 Å². The van der Waals surface area contributed by atoms with Crippen LogP contribution in [0.25, 0.3) is 0 Å². The highest BCUT2D eigenvalue weighted by atomic mass is 35.5. The predicted octanol–water partition coefficient (Wildman–Crippen LogP) is 4.36. The average Bonchev–Trinajstić information content (AvgIpc) is 3.06. The Hall–Kier alpha value is -1.36. The van der Waals surface area contributed by atoms with Gasteiger partial charge in [0.15, 0.2) is 6.61 Å². The summed E-state index contributed by atoms with van der Waals surface area (Å²) in [6, 6.07) is 10.3. The van der Waals surface area contributed by atoms with Crippen molar-refractivity contribution in [2.24, 2.45) is 5.16 Å². The van der Waals surface area contributed by atoms with Crippen LogP contribution in [-0.2, 0) is 4.84 Å². The topological polar surface area (TPSA) is 21.6 Å². The molecule has 0 fully saturated rings. The molecule has 0 radical (unpaired) electrons. The highest BCUT2D eigenvalue weighted by Crippen LogP contribution is 2.43. The van der Waals surface area contributed by atoms with Crippen LogP contribution in [0.3, 0.4) is 0 Å². The lowest BCUT2D eigenvalue weighted by atomic mass is 9.94. The quantitative estimate of drug-likeness (QED) is 0.446. The molecule has 0 spiro atoms.